The highest BCUT2D eigenvalue weighted by Gasteiger charge is 1.96. The molecule has 4 nitrogen and oxygen atoms in total. The normalized spacial score (nSPS) is 8.89. The van der Waals surface area contributed by atoms with Crippen LogP contribution in [0.25, 0.3) is 0 Å². The molecule has 0 aliphatic carbocycles. The highest BCUT2D eigenvalue weighted by atomic mass is 16.5. The fourth-order valence-corrected chi connectivity index (χ4v) is 0.217. The lowest BCUT2D eigenvalue weighted by molar-refractivity contribution is 0.420. The fraction of sp³-hybridized carbons (Fsp3) is 0.400. The average molecular weight is 123 g/mol. The number of aliphatic imine (C=N–C) groups is 1. The van der Waals surface area contributed by atoms with Gasteiger partial charge in [0.2, 0.25) is 6.04 Å². The zero-order valence-corrected chi connectivity index (χ0v) is 4.90. The van der Waals surface area contributed by atoms with E-state index in [9.17, 15) is 0 Å². The third-order valence-corrected chi connectivity index (χ3v) is 0.560. The van der Waals surface area contributed by atoms with Crippen LogP contribution in [0.4, 0.5) is 0 Å². The van der Waals surface area contributed by atoms with Crippen LogP contribution in [0.3, 0.4) is 0 Å². The summed E-state index contributed by atoms with van der Waals surface area (Å²) >= 11 is 0. The molecule has 0 saturated heterocycles. The van der Waals surface area contributed by atoms with Crippen molar-refractivity contribution in [3.63, 3.8) is 0 Å². The minimum atomic E-state index is -0.940. The maximum absolute atomic E-state index is 8.11. The number of rotatable bonds is 2. The predicted molar refractivity (Wildman–Crippen MR) is 30.5 cm³/mol. The lowest BCUT2D eigenvalue weighted by atomic mass is 10.4. The van der Waals surface area contributed by atoms with Gasteiger partial charge in [0.05, 0.1) is 7.11 Å². The summed E-state index contributed by atoms with van der Waals surface area (Å²) in [5.74, 6) is 0. The minimum Gasteiger partial charge on any atom is -0.487 e. The standard InChI is InChI=1S/C5H5N3O/c1-9-4-8-5(2-6)3-7/h4-5H,1H3/b8-4-. The van der Waals surface area contributed by atoms with Gasteiger partial charge >= 0.3 is 0 Å². The molecule has 0 heterocycles. The number of nitrogens with zero attached hydrogens (tertiary/aromatic N) is 3. The van der Waals surface area contributed by atoms with Gasteiger partial charge in [-0.05, 0) is 0 Å². The number of nitriles is 2. The molecular formula is C5H5N3O. The van der Waals surface area contributed by atoms with E-state index < -0.39 is 6.04 Å². The lowest BCUT2D eigenvalue weighted by Gasteiger charge is -1.86. The van der Waals surface area contributed by atoms with Crippen molar-refractivity contribution in [3.8, 4) is 12.1 Å². The SMILES string of the molecule is CO/C=N\C(C#N)C#N. The summed E-state index contributed by atoms with van der Waals surface area (Å²) in [7, 11) is 1.40. The Labute approximate surface area is 53.0 Å². The van der Waals surface area contributed by atoms with Gasteiger partial charge in [-0.2, -0.15) is 10.5 Å². The first-order valence-corrected chi connectivity index (χ1v) is 2.18. The van der Waals surface area contributed by atoms with Crippen LogP contribution in [-0.2, 0) is 4.74 Å². The van der Waals surface area contributed by atoms with Gasteiger partial charge in [-0.25, -0.2) is 4.99 Å². The molecule has 0 radical (unpaired) electrons. The number of ether oxygens (including phenoxy) is 1. The minimum absolute atomic E-state index is 0.940. The Morgan fingerprint density at radius 1 is 1.56 bits per heavy atom. The number of hydrogen-bond donors (Lipinski definition) is 0. The maximum atomic E-state index is 8.11. The highest BCUT2D eigenvalue weighted by molar-refractivity contribution is 5.47. The van der Waals surface area contributed by atoms with Gasteiger partial charge in [-0.3, -0.25) is 0 Å². The fourth-order valence-electron chi connectivity index (χ4n) is 0.217. The third kappa shape index (κ3) is 3.07. The van der Waals surface area contributed by atoms with Gasteiger partial charge in [-0.1, -0.05) is 0 Å². The Bertz CT molecular complexity index is 160. The van der Waals surface area contributed by atoms with Crippen LogP contribution in [0.2, 0.25) is 0 Å². The van der Waals surface area contributed by atoms with E-state index in [0.29, 0.717) is 0 Å². The van der Waals surface area contributed by atoms with Crippen LogP contribution >= 0.6 is 0 Å². The van der Waals surface area contributed by atoms with E-state index in [-0.39, 0.29) is 0 Å². The molecule has 0 fully saturated rings. The average Bonchev–Trinajstić information content (AvgIpc) is 1.91. The molecule has 0 bridgehead atoms. The molecule has 0 N–H and O–H groups in total. The highest BCUT2D eigenvalue weighted by Crippen LogP contribution is 1.82. The molecule has 9 heavy (non-hydrogen) atoms. The lowest BCUT2D eigenvalue weighted by Crippen LogP contribution is -1.95. The molecule has 0 aromatic rings. The van der Waals surface area contributed by atoms with Crippen molar-refractivity contribution in [2.45, 2.75) is 6.04 Å². The van der Waals surface area contributed by atoms with E-state index in [1.807, 2.05) is 0 Å². The van der Waals surface area contributed by atoms with Gasteiger partial charge in [0, 0.05) is 0 Å². The van der Waals surface area contributed by atoms with Crippen LogP contribution in [0.15, 0.2) is 4.99 Å². The molecular weight excluding hydrogens is 118 g/mol. The van der Waals surface area contributed by atoms with Crippen LogP contribution in [0.1, 0.15) is 0 Å². The molecule has 0 aliphatic rings. The van der Waals surface area contributed by atoms with E-state index in [1.54, 1.807) is 12.1 Å². The number of methoxy groups -OCH3 is 1. The van der Waals surface area contributed by atoms with E-state index in [2.05, 4.69) is 9.73 Å². The van der Waals surface area contributed by atoms with E-state index in [4.69, 9.17) is 10.5 Å². The predicted octanol–water partition coefficient (Wildman–Crippen LogP) is 0.0769. The van der Waals surface area contributed by atoms with Crippen molar-refractivity contribution in [2.75, 3.05) is 7.11 Å². The molecule has 0 amide bonds. The zero-order chi connectivity index (χ0) is 7.11. The van der Waals surface area contributed by atoms with Gasteiger partial charge in [-0.15, -0.1) is 0 Å². The summed E-state index contributed by atoms with van der Waals surface area (Å²) in [6.07, 6.45) is 1.07. The van der Waals surface area contributed by atoms with Crippen LogP contribution < -0.4 is 0 Å². The van der Waals surface area contributed by atoms with Crippen molar-refractivity contribution in [1.82, 2.24) is 0 Å². The zero-order valence-electron chi connectivity index (χ0n) is 4.90. The summed E-state index contributed by atoms with van der Waals surface area (Å²) in [6.45, 7) is 0. The molecule has 0 rings (SSSR count). The third-order valence-electron chi connectivity index (χ3n) is 0.560. The van der Waals surface area contributed by atoms with Gasteiger partial charge in [0.15, 0.2) is 6.40 Å². The van der Waals surface area contributed by atoms with E-state index >= 15 is 0 Å². The summed E-state index contributed by atoms with van der Waals surface area (Å²) in [5.41, 5.74) is 0. The molecule has 0 atom stereocenters. The molecule has 46 valence electrons. The van der Waals surface area contributed by atoms with Crippen LogP contribution in [0, 0.1) is 22.7 Å². The van der Waals surface area contributed by atoms with Crippen molar-refractivity contribution in [1.29, 1.82) is 10.5 Å². The van der Waals surface area contributed by atoms with Gasteiger partial charge < -0.3 is 4.74 Å². The Morgan fingerprint density at radius 3 is 2.44 bits per heavy atom. The van der Waals surface area contributed by atoms with Crippen molar-refractivity contribution < 1.29 is 4.74 Å². The second-order valence-electron chi connectivity index (χ2n) is 1.15. The second-order valence-corrected chi connectivity index (χ2v) is 1.15. The molecule has 0 aromatic heterocycles. The monoisotopic (exact) mass is 123 g/mol. The topological polar surface area (TPSA) is 69.2 Å². The second kappa shape index (κ2) is 4.61. The van der Waals surface area contributed by atoms with Crippen molar-refractivity contribution >= 4 is 6.40 Å². The van der Waals surface area contributed by atoms with Crippen molar-refractivity contribution in [2.24, 2.45) is 4.99 Å². The largest absolute Gasteiger partial charge is 0.487 e. The smallest absolute Gasteiger partial charge is 0.224 e. The summed E-state index contributed by atoms with van der Waals surface area (Å²) < 4.78 is 4.38. The number of hydrogen-bond acceptors (Lipinski definition) is 4. The Kier molecular flexibility index (Phi) is 3.81. The first kappa shape index (κ1) is 7.45. The van der Waals surface area contributed by atoms with E-state index in [0.717, 1.165) is 6.40 Å². The quantitative estimate of drug-likeness (QED) is 0.385. The summed E-state index contributed by atoms with van der Waals surface area (Å²) in [4.78, 5) is 3.41. The molecule has 4 heteroatoms. The Hall–Kier alpha value is -1.55. The molecule has 0 spiro atoms. The first-order chi connectivity index (χ1) is 4.35. The van der Waals surface area contributed by atoms with Gasteiger partial charge in [0.25, 0.3) is 0 Å². The summed E-state index contributed by atoms with van der Waals surface area (Å²) in [5, 5.41) is 16.2. The Morgan fingerprint density at radius 2 is 2.11 bits per heavy atom. The molecule has 0 saturated carbocycles. The van der Waals surface area contributed by atoms with Crippen LogP contribution in [0.5, 0.6) is 0 Å². The molecule has 0 aromatic carbocycles. The molecule has 0 aliphatic heterocycles. The van der Waals surface area contributed by atoms with Crippen molar-refractivity contribution in [3.05, 3.63) is 0 Å². The van der Waals surface area contributed by atoms with E-state index in [1.165, 1.54) is 7.11 Å². The first-order valence-electron chi connectivity index (χ1n) is 2.18. The summed E-state index contributed by atoms with van der Waals surface area (Å²) in [6, 6.07) is 2.36. The maximum Gasteiger partial charge on any atom is 0.224 e. The molecule has 0 unspecified atom stereocenters. The van der Waals surface area contributed by atoms with Gasteiger partial charge in [0.1, 0.15) is 12.1 Å². The van der Waals surface area contributed by atoms with Crippen LogP contribution in [-0.4, -0.2) is 19.6 Å². The Balaban J connectivity index is 3.77.